The average Bonchev–Trinajstić information content (AvgIpc) is 3.10. The predicted octanol–water partition coefficient (Wildman–Crippen LogP) is 3.71. The van der Waals surface area contributed by atoms with Crippen LogP contribution in [0.15, 0.2) is 42.6 Å². The maximum atomic E-state index is 12.4. The van der Waals surface area contributed by atoms with Crippen LogP contribution >= 0.6 is 15.9 Å². The average molecular weight is 431 g/mol. The van der Waals surface area contributed by atoms with Crippen LogP contribution < -0.4 is 5.32 Å². The van der Waals surface area contributed by atoms with E-state index in [1.54, 1.807) is 13.0 Å². The molecule has 0 aliphatic heterocycles. The minimum Gasteiger partial charge on any atom is -0.462 e. The number of rotatable bonds is 6. The van der Waals surface area contributed by atoms with Crippen molar-refractivity contribution in [2.45, 2.75) is 25.1 Å². The highest BCUT2D eigenvalue weighted by Gasteiger charge is 2.24. The van der Waals surface area contributed by atoms with Crippen molar-refractivity contribution in [1.29, 1.82) is 0 Å². The Morgan fingerprint density at radius 1 is 1.22 bits per heavy atom. The number of hydrogen-bond donors (Lipinski definition) is 1. The SMILES string of the molecule is CCOC(=O)c1cnn(-c2ccc3ccccc3n2)c1NC(=O)C(Br)CC. The normalized spacial score (nSPS) is 12.0. The fourth-order valence-electron chi connectivity index (χ4n) is 2.55. The summed E-state index contributed by atoms with van der Waals surface area (Å²) in [7, 11) is 0. The molecule has 27 heavy (non-hydrogen) atoms. The largest absolute Gasteiger partial charge is 0.462 e. The number of anilines is 1. The number of pyridine rings is 1. The number of alkyl halides is 1. The quantitative estimate of drug-likeness (QED) is 0.475. The Kier molecular flexibility index (Phi) is 5.85. The Morgan fingerprint density at radius 2 is 2.00 bits per heavy atom. The van der Waals surface area contributed by atoms with Crippen molar-refractivity contribution in [3.63, 3.8) is 0 Å². The second kappa shape index (κ2) is 8.30. The second-order valence-electron chi connectivity index (χ2n) is 5.77. The molecule has 0 aliphatic rings. The number of para-hydroxylation sites is 1. The summed E-state index contributed by atoms with van der Waals surface area (Å²) in [4.78, 5) is 28.9. The molecular formula is C19H19BrN4O3. The number of benzene rings is 1. The molecule has 0 bridgehead atoms. The fraction of sp³-hybridized carbons (Fsp3) is 0.263. The first-order valence-corrected chi connectivity index (χ1v) is 9.53. The van der Waals surface area contributed by atoms with Gasteiger partial charge in [0.25, 0.3) is 0 Å². The van der Waals surface area contributed by atoms with Crippen LogP contribution in [-0.4, -0.2) is 38.1 Å². The minimum absolute atomic E-state index is 0.177. The first-order chi connectivity index (χ1) is 13.0. The van der Waals surface area contributed by atoms with Gasteiger partial charge in [-0.1, -0.05) is 41.1 Å². The standard InChI is InChI=1S/C19H19BrN4O3/c1-3-14(20)18(25)23-17-13(19(26)27-4-2)11-21-24(17)16-10-9-12-7-5-6-8-15(12)22-16/h5-11,14H,3-4H2,1-2H3,(H,23,25). The van der Waals surface area contributed by atoms with Crippen LogP contribution in [0.25, 0.3) is 16.7 Å². The van der Waals surface area contributed by atoms with Gasteiger partial charge in [0.1, 0.15) is 5.56 Å². The van der Waals surface area contributed by atoms with Gasteiger partial charge in [0.2, 0.25) is 5.91 Å². The first-order valence-electron chi connectivity index (χ1n) is 8.61. The summed E-state index contributed by atoms with van der Waals surface area (Å²) >= 11 is 3.32. The molecule has 0 saturated heterocycles. The van der Waals surface area contributed by atoms with Crippen LogP contribution in [0.3, 0.4) is 0 Å². The van der Waals surface area contributed by atoms with Gasteiger partial charge in [0.15, 0.2) is 11.6 Å². The highest BCUT2D eigenvalue weighted by atomic mass is 79.9. The number of fused-ring (bicyclic) bond motifs is 1. The third-order valence-electron chi connectivity index (χ3n) is 3.95. The van der Waals surface area contributed by atoms with Crippen LogP contribution in [0, 0.1) is 0 Å². The summed E-state index contributed by atoms with van der Waals surface area (Å²) in [6.45, 7) is 3.83. The van der Waals surface area contributed by atoms with E-state index in [4.69, 9.17) is 4.74 Å². The summed E-state index contributed by atoms with van der Waals surface area (Å²) in [5.74, 6) is -0.102. The molecule has 0 radical (unpaired) electrons. The summed E-state index contributed by atoms with van der Waals surface area (Å²) in [6.07, 6.45) is 1.97. The van der Waals surface area contributed by atoms with Crippen molar-refractivity contribution in [2.75, 3.05) is 11.9 Å². The molecule has 3 rings (SSSR count). The van der Waals surface area contributed by atoms with E-state index in [0.29, 0.717) is 12.2 Å². The fourth-order valence-corrected chi connectivity index (χ4v) is 2.67. The smallest absolute Gasteiger partial charge is 0.343 e. The van der Waals surface area contributed by atoms with Crippen LogP contribution in [0.1, 0.15) is 30.6 Å². The van der Waals surface area contributed by atoms with E-state index in [0.717, 1.165) is 10.9 Å². The maximum absolute atomic E-state index is 12.4. The zero-order valence-corrected chi connectivity index (χ0v) is 16.6. The molecule has 0 spiro atoms. The van der Waals surface area contributed by atoms with E-state index < -0.39 is 5.97 Å². The molecule has 2 heterocycles. The molecule has 1 aromatic carbocycles. The van der Waals surface area contributed by atoms with Crippen LogP contribution in [-0.2, 0) is 9.53 Å². The Hall–Kier alpha value is -2.74. The topological polar surface area (TPSA) is 86.1 Å². The Balaban J connectivity index is 2.07. The number of esters is 1. The van der Waals surface area contributed by atoms with Crippen LogP contribution in [0.5, 0.6) is 0 Å². The van der Waals surface area contributed by atoms with Crippen molar-refractivity contribution >= 4 is 44.5 Å². The van der Waals surface area contributed by atoms with Gasteiger partial charge in [-0.3, -0.25) is 4.79 Å². The number of aromatic nitrogens is 3. The van der Waals surface area contributed by atoms with Gasteiger partial charge in [-0.25, -0.2) is 9.78 Å². The second-order valence-corrected chi connectivity index (χ2v) is 6.87. The molecule has 0 saturated carbocycles. The molecular weight excluding hydrogens is 412 g/mol. The minimum atomic E-state index is -0.553. The summed E-state index contributed by atoms with van der Waals surface area (Å²) in [5.41, 5.74) is 0.961. The van der Waals surface area contributed by atoms with Gasteiger partial charge in [-0.05, 0) is 31.5 Å². The molecule has 1 unspecified atom stereocenters. The number of amides is 1. The van der Waals surface area contributed by atoms with Crippen molar-refractivity contribution in [3.05, 3.63) is 48.2 Å². The zero-order valence-electron chi connectivity index (χ0n) is 15.0. The lowest BCUT2D eigenvalue weighted by Crippen LogP contribution is -2.25. The highest BCUT2D eigenvalue weighted by Crippen LogP contribution is 2.23. The molecule has 1 atom stereocenters. The van der Waals surface area contributed by atoms with Crippen molar-refractivity contribution < 1.29 is 14.3 Å². The lowest BCUT2D eigenvalue weighted by atomic mass is 10.2. The van der Waals surface area contributed by atoms with E-state index in [-0.39, 0.29) is 28.7 Å². The highest BCUT2D eigenvalue weighted by molar-refractivity contribution is 9.10. The van der Waals surface area contributed by atoms with Gasteiger partial charge in [-0.15, -0.1) is 0 Å². The number of halogens is 1. The number of nitrogens with one attached hydrogen (secondary N) is 1. The number of hydrogen-bond acceptors (Lipinski definition) is 5. The third-order valence-corrected chi connectivity index (χ3v) is 5.01. The van der Waals surface area contributed by atoms with Crippen molar-refractivity contribution in [3.8, 4) is 5.82 Å². The molecule has 2 aromatic heterocycles. The number of nitrogens with zero attached hydrogens (tertiary/aromatic N) is 3. The van der Waals surface area contributed by atoms with E-state index in [2.05, 4.69) is 31.3 Å². The molecule has 8 heteroatoms. The van der Waals surface area contributed by atoms with Crippen molar-refractivity contribution in [1.82, 2.24) is 14.8 Å². The van der Waals surface area contributed by atoms with Crippen LogP contribution in [0.4, 0.5) is 5.82 Å². The summed E-state index contributed by atoms with van der Waals surface area (Å²) < 4.78 is 6.52. The molecule has 0 fully saturated rings. The molecule has 1 amide bonds. The van der Waals surface area contributed by atoms with Crippen LogP contribution in [0.2, 0.25) is 0 Å². The van der Waals surface area contributed by atoms with E-state index >= 15 is 0 Å². The monoisotopic (exact) mass is 430 g/mol. The van der Waals surface area contributed by atoms with Gasteiger partial charge in [0, 0.05) is 5.39 Å². The third kappa shape index (κ3) is 4.00. The molecule has 3 aromatic rings. The maximum Gasteiger partial charge on any atom is 0.343 e. The molecule has 140 valence electrons. The molecule has 0 aliphatic carbocycles. The van der Waals surface area contributed by atoms with E-state index in [9.17, 15) is 9.59 Å². The lowest BCUT2D eigenvalue weighted by molar-refractivity contribution is -0.115. The molecule has 1 N–H and O–H groups in total. The first kappa shape index (κ1) is 19.0. The van der Waals surface area contributed by atoms with Crippen molar-refractivity contribution in [2.24, 2.45) is 0 Å². The van der Waals surface area contributed by atoms with E-state index in [1.165, 1.54) is 10.9 Å². The molecule has 7 nitrogen and oxygen atoms in total. The summed E-state index contributed by atoms with van der Waals surface area (Å²) in [5, 5.41) is 8.01. The number of carbonyl (C=O) groups excluding carboxylic acids is 2. The lowest BCUT2D eigenvalue weighted by Gasteiger charge is -2.13. The van der Waals surface area contributed by atoms with E-state index in [1.807, 2.05) is 37.3 Å². The predicted molar refractivity (Wildman–Crippen MR) is 106 cm³/mol. The van der Waals surface area contributed by atoms with Gasteiger partial charge in [-0.2, -0.15) is 9.78 Å². The Labute approximate surface area is 164 Å². The van der Waals surface area contributed by atoms with Gasteiger partial charge >= 0.3 is 5.97 Å². The summed E-state index contributed by atoms with van der Waals surface area (Å²) in [6, 6.07) is 11.4. The Morgan fingerprint density at radius 3 is 2.74 bits per heavy atom. The van der Waals surface area contributed by atoms with Gasteiger partial charge in [0.05, 0.1) is 23.1 Å². The number of ether oxygens (including phenoxy) is 1. The zero-order chi connectivity index (χ0) is 19.4. The van der Waals surface area contributed by atoms with Gasteiger partial charge < -0.3 is 10.1 Å². The number of carbonyl (C=O) groups is 2. The Bertz CT molecular complexity index is 986.